The minimum absolute atomic E-state index is 0.327. The van der Waals surface area contributed by atoms with Gasteiger partial charge in [0, 0.05) is 11.0 Å². The van der Waals surface area contributed by atoms with Crippen LogP contribution in [0.25, 0.3) is 0 Å². The molecule has 0 aliphatic heterocycles. The third-order valence-corrected chi connectivity index (χ3v) is 4.18. The zero-order valence-corrected chi connectivity index (χ0v) is 14.8. The standard InChI is InChI=1S/C17H28BrNO/c1-5-11-19-13-17(3,4)10-9-14-7-8-15(20-6-2)12-16(14)18/h7-8,12,19H,5-6,9-11,13H2,1-4H3. The van der Waals surface area contributed by atoms with Gasteiger partial charge in [-0.25, -0.2) is 0 Å². The number of halogens is 1. The molecule has 0 saturated heterocycles. The van der Waals surface area contributed by atoms with Crippen molar-refractivity contribution in [3.63, 3.8) is 0 Å². The lowest BCUT2D eigenvalue weighted by Crippen LogP contribution is -2.30. The van der Waals surface area contributed by atoms with Gasteiger partial charge in [-0.05, 0) is 55.8 Å². The summed E-state index contributed by atoms with van der Waals surface area (Å²) in [7, 11) is 0. The summed E-state index contributed by atoms with van der Waals surface area (Å²) in [6, 6.07) is 6.30. The van der Waals surface area contributed by atoms with Crippen molar-refractivity contribution in [3.8, 4) is 5.75 Å². The molecule has 1 aromatic rings. The van der Waals surface area contributed by atoms with Gasteiger partial charge in [-0.1, -0.05) is 42.8 Å². The maximum atomic E-state index is 5.51. The van der Waals surface area contributed by atoms with Crippen LogP contribution in [-0.2, 0) is 6.42 Å². The van der Waals surface area contributed by atoms with Gasteiger partial charge >= 0.3 is 0 Å². The van der Waals surface area contributed by atoms with Crippen molar-refractivity contribution in [1.82, 2.24) is 5.32 Å². The highest BCUT2D eigenvalue weighted by Crippen LogP contribution is 2.28. The lowest BCUT2D eigenvalue weighted by Gasteiger charge is -2.25. The Morgan fingerprint density at radius 1 is 1.25 bits per heavy atom. The highest BCUT2D eigenvalue weighted by atomic mass is 79.9. The van der Waals surface area contributed by atoms with Crippen molar-refractivity contribution in [3.05, 3.63) is 28.2 Å². The number of ether oxygens (including phenoxy) is 1. The minimum Gasteiger partial charge on any atom is -0.494 e. The Morgan fingerprint density at radius 3 is 2.60 bits per heavy atom. The van der Waals surface area contributed by atoms with Crippen LogP contribution < -0.4 is 10.1 Å². The van der Waals surface area contributed by atoms with Gasteiger partial charge in [-0.15, -0.1) is 0 Å². The third-order valence-electron chi connectivity index (χ3n) is 3.44. The van der Waals surface area contributed by atoms with Crippen LogP contribution in [0.4, 0.5) is 0 Å². The molecule has 3 heteroatoms. The van der Waals surface area contributed by atoms with E-state index in [9.17, 15) is 0 Å². The summed E-state index contributed by atoms with van der Waals surface area (Å²) in [5.41, 5.74) is 1.68. The number of aryl methyl sites for hydroxylation is 1. The van der Waals surface area contributed by atoms with Gasteiger partial charge in [-0.2, -0.15) is 0 Å². The van der Waals surface area contributed by atoms with E-state index in [0.29, 0.717) is 12.0 Å². The fourth-order valence-electron chi connectivity index (χ4n) is 2.15. The Hall–Kier alpha value is -0.540. The summed E-state index contributed by atoms with van der Waals surface area (Å²) in [5.74, 6) is 0.937. The van der Waals surface area contributed by atoms with Crippen LogP contribution in [0.3, 0.4) is 0 Å². The highest BCUT2D eigenvalue weighted by molar-refractivity contribution is 9.10. The Bertz CT molecular complexity index is 404. The molecule has 0 aromatic heterocycles. The van der Waals surface area contributed by atoms with Crippen LogP contribution in [0.15, 0.2) is 22.7 Å². The van der Waals surface area contributed by atoms with Crippen molar-refractivity contribution >= 4 is 15.9 Å². The molecule has 0 radical (unpaired) electrons. The van der Waals surface area contributed by atoms with E-state index in [2.05, 4.69) is 60.2 Å². The van der Waals surface area contributed by atoms with Gasteiger partial charge in [0.25, 0.3) is 0 Å². The average Bonchev–Trinajstić information content (AvgIpc) is 2.38. The first-order chi connectivity index (χ1) is 9.48. The van der Waals surface area contributed by atoms with E-state index in [1.54, 1.807) is 0 Å². The monoisotopic (exact) mass is 341 g/mol. The van der Waals surface area contributed by atoms with E-state index < -0.39 is 0 Å². The Morgan fingerprint density at radius 2 is 2.00 bits per heavy atom. The second-order valence-corrected chi connectivity index (χ2v) is 6.88. The number of nitrogens with one attached hydrogen (secondary N) is 1. The minimum atomic E-state index is 0.327. The van der Waals surface area contributed by atoms with E-state index in [4.69, 9.17) is 4.74 Å². The van der Waals surface area contributed by atoms with Crippen molar-refractivity contribution in [2.75, 3.05) is 19.7 Å². The normalized spacial score (nSPS) is 11.7. The van der Waals surface area contributed by atoms with Crippen LogP contribution in [0.1, 0.15) is 46.1 Å². The average molecular weight is 342 g/mol. The summed E-state index contributed by atoms with van der Waals surface area (Å²) in [5, 5.41) is 3.52. The molecule has 0 bridgehead atoms. The molecule has 0 aliphatic rings. The van der Waals surface area contributed by atoms with Gasteiger partial charge < -0.3 is 10.1 Å². The molecule has 0 spiro atoms. The maximum absolute atomic E-state index is 5.51. The molecule has 0 unspecified atom stereocenters. The summed E-state index contributed by atoms with van der Waals surface area (Å²) >= 11 is 3.65. The summed E-state index contributed by atoms with van der Waals surface area (Å²) < 4.78 is 6.67. The van der Waals surface area contributed by atoms with Gasteiger partial charge in [0.2, 0.25) is 0 Å². The third kappa shape index (κ3) is 6.27. The summed E-state index contributed by atoms with van der Waals surface area (Å²) in [6.07, 6.45) is 3.46. The molecule has 20 heavy (non-hydrogen) atoms. The van der Waals surface area contributed by atoms with Gasteiger partial charge in [0.1, 0.15) is 5.75 Å². The largest absolute Gasteiger partial charge is 0.494 e. The molecule has 0 aliphatic carbocycles. The quantitative estimate of drug-likeness (QED) is 0.651. The van der Waals surface area contributed by atoms with Crippen LogP contribution in [0.5, 0.6) is 5.75 Å². The SMILES string of the molecule is CCCNCC(C)(C)CCc1ccc(OCC)cc1Br. The Labute approximate surface area is 132 Å². The van der Waals surface area contributed by atoms with Crippen molar-refractivity contribution < 1.29 is 4.74 Å². The van der Waals surface area contributed by atoms with Crippen LogP contribution >= 0.6 is 15.9 Å². The fraction of sp³-hybridized carbons (Fsp3) is 0.647. The van der Waals surface area contributed by atoms with E-state index in [-0.39, 0.29) is 0 Å². The molecule has 0 atom stereocenters. The predicted molar refractivity (Wildman–Crippen MR) is 90.6 cm³/mol. The van der Waals surface area contributed by atoms with Crippen LogP contribution in [0.2, 0.25) is 0 Å². The molecule has 1 rings (SSSR count). The molecule has 2 nitrogen and oxygen atoms in total. The molecular formula is C17H28BrNO. The smallest absolute Gasteiger partial charge is 0.120 e. The number of rotatable bonds is 9. The molecule has 114 valence electrons. The van der Waals surface area contributed by atoms with Crippen molar-refractivity contribution in [1.29, 1.82) is 0 Å². The van der Waals surface area contributed by atoms with E-state index >= 15 is 0 Å². The number of hydrogen-bond donors (Lipinski definition) is 1. The van der Waals surface area contributed by atoms with Crippen molar-refractivity contribution in [2.45, 2.75) is 47.0 Å². The zero-order chi connectivity index (χ0) is 15.0. The fourth-order valence-corrected chi connectivity index (χ4v) is 2.71. The van der Waals surface area contributed by atoms with E-state index in [0.717, 1.165) is 29.7 Å². The first-order valence-corrected chi connectivity index (χ1v) is 8.39. The molecular weight excluding hydrogens is 314 g/mol. The molecule has 0 amide bonds. The Balaban J connectivity index is 2.52. The number of benzene rings is 1. The van der Waals surface area contributed by atoms with Gasteiger partial charge in [0.15, 0.2) is 0 Å². The zero-order valence-electron chi connectivity index (χ0n) is 13.3. The maximum Gasteiger partial charge on any atom is 0.120 e. The highest BCUT2D eigenvalue weighted by Gasteiger charge is 2.17. The second-order valence-electron chi connectivity index (χ2n) is 6.03. The molecule has 0 heterocycles. The second kappa shape index (κ2) is 8.68. The molecule has 1 aromatic carbocycles. The van der Waals surface area contributed by atoms with Crippen LogP contribution in [-0.4, -0.2) is 19.7 Å². The molecule has 1 N–H and O–H groups in total. The predicted octanol–water partition coefficient (Wildman–Crippen LogP) is 4.81. The first-order valence-electron chi connectivity index (χ1n) is 7.60. The number of hydrogen-bond acceptors (Lipinski definition) is 2. The first kappa shape index (κ1) is 17.5. The molecule has 0 fully saturated rings. The van der Waals surface area contributed by atoms with E-state index in [1.165, 1.54) is 18.4 Å². The summed E-state index contributed by atoms with van der Waals surface area (Å²) in [4.78, 5) is 0. The lowest BCUT2D eigenvalue weighted by molar-refractivity contribution is 0.315. The van der Waals surface area contributed by atoms with Crippen LogP contribution in [0, 0.1) is 5.41 Å². The molecule has 0 saturated carbocycles. The van der Waals surface area contributed by atoms with Gasteiger partial charge in [-0.3, -0.25) is 0 Å². The lowest BCUT2D eigenvalue weighted by atomic mass is 9.86. The van der Waals surface area contributed by atoms with Crippen molar-refractivity contribution in [2.24, 2.45) is 5.41 Å². The van der Waals surface area contributed by atoms with E-state index in [1.807, 2.05) is 6.92 Å². The Kier molecular flexibility index (Phi) is 7.60. The van der Waals surface area contributed by atoms with Gasteiger partial charge in [0.05, 0.1) is 6.61 Å². The topological polar surface area (TPSA) is 21.3 Å². The summed E-state index contributed by atoms with van der Waals surface area (Å²) in [6.45, 7) is 11.8.